The fourth-order valence-electron chi connectivity index (χ4n) is 2.58. The summed E-state index contributed by atoms with van der Waals surface area (Å²) in [6.45, 7) is 2.26. The van der Waals surface area contributed by atoms with Gasteiger partial charge in [-0.15, -0.1) is 0 Å². The molecule has 1 fully saturated rings. The van der Waals surface area contributed by atoms with Gasteiger partial charge in [-0.05, 0) is 31.1 Å². The Kier molecular flexibility index (Phi) is 1.82. The highest BCUT2D eigenvalue weighted by Crippen LogP contribution is 2.45. The Bertz CT molecular complexity index is 239. The lowest BCUT2D eigenvalue weighted by Crippen LogP contribution is -2.30. The van der Waals surface area contributed by atoms with Crippen LogP contribution in [0.5, 0.6) is 0 Å². The van der Waals surface area contributed by atoms with Crippen LogP contribution in [-0.2, 0) is 4.79 Å². The smallest absolute Gasteiger partial charge is 0.134 e. The first-order valence-corrected chi connectivity index (χ1v) is 4.92. The molecule has 0 aliphatic heterocycles. The molecule has 0 aromatic heterocycles. The maximum atomic E-state index is 11.3. The molecule has 1 saturated carbocycles. The van der Waals surface area contributed by atoms with Gasteiger partial charge < -0.3 is 0 Å². The minimum absolute atomic E-state index is 0.258. The van der Waals surface area contributed by atoms with Crippen molar-refractivity contribution in [3.05, 3.63) is 11.6 Å². The lowest BCUT2D eigenvalue weighted by molar-refractivity contribution is -0.122. The fourth-order valence-corrected chi connectivity index (χ4v) is 2.58. The van der Waals surface area contributed by atoms with Gasteiger partial charge in [-0.2, -0.15) is 0 Å². The largest absolute Gasteiger partial charge is 0.300 e. The number of Topliss-reactive ketones (excluding diaryl/α,β-unsaturated/α-hetero) is 1. The molecule has 1 atom stereocenters. The van der Waals surface area contributed by atoms with Crippen molar-refractivity contribution in [2.45, 2.75) is 45.4 Å². The lowest BCUT2D eigenvalue weighted by atomic mass is 9.66. The van der Waals surface area contributed by atoms with Crippen molar-refractivity contribution in [3.8, 4) is 0 Å². The van der Waals surface area contributed by atoms with E-state index in [-0.39, 0.29) is 5.41 Å². The van der Waals surface area contributed by atoms with E-state index in [9.17, 15) is 4.79 Å². The van der Waals surface area contributed by atoms with Gasteiger partial charge in [0, 0.05) is 12.8 Å². The number of hydrogen-bond donors (Lipinski definition) is 0. The zero-order valence-corrected chi connectivity index (χ0v) is 7.73. The molecule has 0 amide bonds. The molecular weight excluding hydrogens is 148 g/mol. The van der Waals surface area contributed by atoms with Crippen LogP contribution in [0, 0.1) is 5.41 Å². The molecule has 0 unspecified atom stereocenters. The average Bonchev–Trinajstić information content (AvgIpc) is 2.02. The molecule has 0 aromatic carbocycles. The molecule has 0 radical (unpaired) electrons. The molecule has 0 bridgehead atoms. The summed E-state index contributed by atoms with van der Waals surface area (Å²) < 4.78 is 0. The molecule has 2 aliphatic rings. The molecule has 0 aromatic rings. The zero-order chi connectivity index (χ0) is 8.60. The van der Waals surface area contributed by atoms with Crippen LogP contribution in [-0.4, -0.2) is 5.78 Å². The van der Waals surface area contributed by atoms with Crippen molar-refractivity contribution in [3.63, 3.8) is 0 Å². The van der Waals surface area contributed by atoms with E-state index in [1.54, 1.807) is 5.57 Å². The van der Waals surface area contributed by atoms with Gasteiger partial charge >= 0.3 is 0 Å². The fraction of sp³-hybridized carbons (Fsp3) is 0.727. The second kappa shape index (κ2) is 2.72. The van der Waals surface area contributed by atoms with E-state index in [0.717, 1.165) is 19.3 Å². The third kappa shape index (κ3) is 1.21. The molecule has 1 nitrogen and oxygen atoms in total. The van der Waals surface area contributed by atoms with Crippen molar-refractivity contribution < 1.29 is 4.79 Å². The first kappa shape index (κ1) is 8.03. The summed E-state index contributed by atoms with van der Waals surface area (Å²) in [5, 5.41) is 0. The van der Waals surface area contributed by atoms with Gasteiger partial charge in [0.2, 0.25) is 0 Å². The van der Waals surface area contributed by atoms with E-state index >= 15 is 0 Å². The van der Waals surface area contributed by atoms with Crippen LogP contribution >= 0.6 is 0 Å². The SMILES string of the molecule is C[C@]12CCCC=C1CCC(=O)C2. The van der Waals surface area contributed by atoms with E-state index in [1.165, 1.54) is 19.3 Å². The number of allylic oxidation sites excluding steroid dienone is 2. The van der Waals surface area contributed by atoms with Crippen molar-refractivity contribution in [1.82, 2.24) is 0 Å². The topological polar surface area (TPSA) is 17.1 Å². The van der Waals surface area contributed by atoms with Gasteiger partial charge in [0.1, 0.15) is 5.78 Å². The van der Waals surface area contributed by atoms with Crippen molar-refractivity contribution in [2.24, 2.45) is 5.41 Å². The second-order valence-electron chi connectivity index (χ2n) is 4.40. The van der Waals surface area contributed by atoms with E-state index in [0.29, 0.717) is 5.78 Å². The Morgan fingerprint density at radius 2 is 2.25 bits per heavy atom. The second-order valence-corrected chi connectivity index (χ2v) is 4.40. The summed E-state index contributed by atoms with van der Waals surface area (Å²) in [6.07, 6.45) is 8.74. The molecular formula is C11H16O. The Morgan fingerprint density at radius 1 is 1.42 bits per heavy atom. The van der Waals surface area contributed by atoms with Crippen molar-refractivity contribution in [2.75, 3.05) is 0 Å². The van der Waals surface area contributed by atoms with Crippen LogP contribution in [0.4, 0.5) is 0 Å². The van der Waals surface area contributed by atoms with Crippen LogP contribution in [0.2, 0.25) is 0 Å². The molecule has 0 N–H and O–H groups in total. The summed E-state index contributed by atoms with van der Waals surface area (Å²) in [5.41, 5.74) is 1.82. The predicted octanol–water partition coefficient (Wildman–Crippen LogP) is 2.86. The lowest BCUT2D eigenvalue weighted by Gasteiger charge is -2.38. The molecule has 1 heteroatoms. The maximum absolute atomic E-state index is 11.3. The van der Waals surface area contributed by atoms with Crippen molar-refractivity contribution >= 4 is 5.78 Å². The highest BCUT2D eigenvalue weighted by atomic mass is 16.1. The summed E-state index contributed by atoms with van der Waals surface area (Å²) in [6, 6.07) is 0. The van der Waals surface area contributed by atoms with Crippen molar-refractivity contribution in [1.29, 1.82) is 0 Å². The van der Waals surface area contributed by atoms with Crippen LogP contribution in [0.1, 0.15) is 45.4 Å². The molecule has 66 valence electrons. The zero-order valence-electron chi connectivity index (χ0n) is 7.73. The minimum atomic E-state index is 0.258. The number of ketones is 1. The van der Waals surface area contributed by atoms with Gasteiger partial charge in [-0.3, -0.25) is 4.79 Å². The summed E-state index contributed by atoms with van der Waals surface area (Å²) in [7, 11) is 0. The summed E-state index contributed by atoms with van der Waals surface area (Å²) in [5.74, 6) is 0.469. The number of hydrogen-bond acceptors (Lipinski definition) is 1. The van der Waals surface area contributed by atoms with E-state index in [2.05, 4.69) is 13.0 Å². The molecule has 0 spiro atoms. The van der Waals surface area contributed by atoms with Gasteiger partial charge in [0.05, 0.1) is 0 Å². The highest BCUT2D eigenvalue weighted by molar-refractivity contribution is 5.81. The first-order chi connectivity index (χ1) is 5.71. The highest BCUT2D eigenvalue weighted by Gasteiger charge is 2.35. The molecule has 12 heavy (non-hydrogen) atoms. The number of carbonyl (C=O) groups is 1. The Morgan fingerprint density at radius 3 is 3.08 bits per heavy atom. The third-order valence-electron chi connectivity index (χ3n) is 3.36. The molecule has 0 saturated heterocycles. The number of rotatable bonds is 0. The predicted molar refractivity (Wildman–Crippen MR) is 48.9 cm³/mol. The monoisotopic (exact) mass is 164 g/mol. The standard InChI is InChI=1S/C11H16O/c1-11-7-3-2-4-9(11)5-6-10(12)8-11/h4H,2-3,5-8H2,1H3/t11-/m1/s1. The number of fused-ring (bicyclic) bond motifs is 1. The van der Waals surface area contributed by atoms with Crippen LogP contribution in [0.15, 0.2) is 11.6 Å². The van der Waals surface area contributed by atoms with Gasteiger partial charge in [-0.25, -0.2) is 0 Å². The summed E-state index contributed by atoms with van der Waals surface area (Å²) >= 11 is 0. The quantitative estimate of drug-likeness (QED) is 0.503. The first-order valence-electron chi connectivity index (χ1n) is 4.92. The van der Waals surface area contributed by atoms with Gasteiger partial charge in [0.25, 0.3) is 0 Å². The maximum Gasteiger partial charge on any atom is 0.134 e. The van der Waals surface area contributed by atoms with Crippen LogP contribution in [0.25, 0.3) is 0 Å². The normalized spacial score (nSPS) is 35.8. The third-order valence-corrected chi connectivity index (χ3v) is 3.36. The molecule has 0 heterocycles. The van der Waals surface area contributed by atoms with Crippen LogP contribution in [0.3, 0.4) is 0 Å². The average molecular weight is 164 g/mol. The summed E-state index contributed by atoms with van der Waals surface area (Å²) in [4.78, 5) is 11.3. The van der Waals surface area contributed by atoms with Gasteiger partial charge in [0.15, 0.2) is 0 Å². The van der Waals surface area contributed by atoms with Crippen LogP contribution < -0.4 is 0 Å². The Hall–Kier alpha value is -0.590. The molecule has 2 aliphatic carbocycles. The Labute approximate surface area is 73.8 Å². The van der Waals surface area contributed by atoms with Gasteiger partial charge in [-0.1, -0.05) is 18.6 Å². The minimum Gasteiger partial charge on any atom is -0.300 e. The molecule has 2 rings (SSSR count). The van der Waals surface area contributed by atoms with E-state index < -0.39 is 0 Å². The Balaban J connectivity index is 2.26. The van der Waals surface area contributed by atoms with E-state index in [1.807, 2.05) is 0 Å². The van der Waals surface area contributed by atoms with E-state index in [4.69, 9.17) is 0 Å². The number of carbonyl (C=O) groups excluding carboxylic acids is 1.